The molecule has 3 aromatic carbocycles. The summed E-state index contributed by atoms with van der Waals surface area (Å²) in [6.07, 6.45) is -5.15. The molecule has 11 heteroatoms. The Labute approximate surface area is 221 Å². The molecule has 1 aromatic heterocycles. The van der Waals surface area contributed by atoms with Gasteiger partial charge in [0, 0.05) is 31.6 Å². The van der Waals surface area contributed by atoms with Crippen molar-refractivity contribution in [2.75, 3.05) is 26.7 Å². The Kier molecular flexibility index (Phi) is 8.16. The molecule has 0 aliphatic carbocycles. The van der Waals surface area contributed by atoms with E-state index in [0.717, 1.165) is 0 Å². The number of para-hydroxylation sites is 1. The maximum atomic E-state index is 14.0. The topological polar surface area (TPSA) is 90.4 Å². The third-order valence-electron chi connectivity index (χ3n) is 6.05. The van der Waals surface area contributed by atoms with Gasteiger partial charge in [0.1, 0.15) is 23.0 Å². The van der Waals surface area contributed by atoms with Crippen molar-refractivity contribution >= 4 is 16.8 Å². The van der Waals surface area contributed by atoms with Gasteiger partial charge in [-0.15, -0.1) is 0 Å². The van der Waals surface area contributed by atoms with Gasteiger partial charge in [-0.2, -0.15) is 13.2 Å². The average Bonchev–Trinajstić information content (AvgIpc) is 2.90. The predicted molar refractivity (Wildman–Crippen MR) is 136 cm³/mol. The number of amides is 1. The van der Waals surface area contributed by atoms with E-state index in [1.807, 2.05) is 0 Å². The molecule has 0 aliphatic heterocycles. The summed E-state index contributed by atoms with van der Waals surface area (Å²) in [4.78, 5) is 32.5. The van der Waals surface area contributed by atoms with Crippen LogP contribution in [0.15, 0.2) is 59.4 Å². The van der Waals surface area contributed by atoms with E-state index in [9.17, 15) is 27.2 Å². The van der Waals surface area contributed by atoms with Gasteiger partial charge in [-0.25, -0.2) is 9.37 Å². The lowest BCUT2D eigenvalue weighted by molar-refractivity contribution is -0.140. The van der Waals surface area contributed by atoms with Crippen molar-refractivity contribution in [1.29, 1.82) is 0 Å². The number of rotatable bonds is 9. The molecule has 202 valence electrons. The molecule has 39 heavy (non-hydrogen) atoms. The van der Waals surface area contributed by atoms with E-state index in [2.05, 4.69) is 11.1 Å². The van der Waals surface area contributed by atoms with Crippen LogP contribution in [0.3, 0.4) is 0 Å². The Morgan fingerprint density at radius 2 is 1.82 bits per heavy atom. The second-order valence-corrected chi connectivity index (χ2v) is 8.62. The minimum absolute atomic E-state index is 0.0773. The molecule has 0 bridgehead atoms. The minimum Gasteiger partial charge on any atom is -0.497 e. The lowest BCUT2D eigenvalue weighted by Crippen LogP contribution is -2.38. The number of benzene rings is 2. The third-order valence-corrected chi connectivity index (χ3v) is 6.05. The highest BCUT2D eigenvalue weighted by atomic mass is 19.4. The molecule has 0 atom stereocenters. The smallest absolute Gasteiger partial charge is 0.427 e. The standard InChI is InChI=1S/C28H24F4N4O3/c1-39-20-9-7-19(8-10-20)36-25(34-24-5-3-2-4-21(24)27(36)38)12-14-35(15-13-33)26(37)17-18-6-11-22(23(29)16-18)28(30,31)32/h2-5,7-10,16H,12-15,17,33H2,1H3. The fraction of sp³-hybridized carbons (Fsp3) is 0.250. The van der Waals surface area contributed by atoms with Crippen LogP contribution in [0.2, 0.25) is 0 Å². The van der Waals surface area contributed by atoms with E-state index in [1.165, 1.54) is 16.6 Å². The van der Waals surface area contributed by atoms with Gasteiger partial charge in [-0.3, -0.25) is 14.2 Å². The van der Waals surface area contributed by atoms with Crippen molar-refractivity contribution in [2.24, 2.45) is 5.73 Å². The number of nitrogens with two attached hydrogens (primary N) is 1. The van der Waals surface area contributed by atoms with Crippen LogP contribution in [0.1, 0.15) is 17.0 Å². The average molecular weight is 541 g/mol. The highest BCUT2D eigenvalue weighted by Crippen LogP contribution is 2.30. The molecule has 4 aromatic rings. The van der Waals surface area contributed by atoms with Gasteiger partial charge in [0.2, 0.25) is 5.91 Å². The molecule has 0 radical (unpaired) electrons. The number of aromatic nitrogens is 2. The Balaban J connectivity index is 1.61. The summed E-state index contributed by atoms with van der Waals surface area (Å²) in [7, 11) is 1.53. The first kappa shape index (κ1) is 27.6. The molecule has 0 unspecified atom stereocenters. The van der Waals surface area contributed by atoms with Gasteiger partial charge >= 0.3 is 6.18 Å². The first-order valence-electron chi connectivity index (χ1n) is 11.9. The molecule has 0 saturated carbocycles. The molecule has 0 saturated heterocycles. The summed E-state index contributed by atoms with van der Waals surface area (Å²) >= 11 is 0. The number of ether oxygens (including phenoxy) is 1. The number of methoxy groups -OCH3 is 1. The van der Waals surface area contributed by atoms with Crippen molar-refractivity contribution in [3.63, 3.8) is 0 Å². The molecule has 2 N–H and O–H groups in total. The summed E-state index contributed by atoms with van der Waals surface area (Å²) in [5, 5.41) is 0.420. The van der Waals surface area contributed by atoms with Crippen LogP contribution in [0.25, 0.3) is 16.6 Å². The van der Waals surface area contributed by atoms with E-state index in [-0.39, 0.29) is 37.2 Å². The van der Waals surface area contributed by atoms with Gasteiger partial charge in [-0.05, 0) is 42.5 Å². The lowest BCUT2D eigenvalue weighted by atomic mass is 10.1. The van der Waals surface area contributed by atoms with Crippen molar-refractivity contribution in [2.45, 2.75) is 19.0 Å². The molecule has 7 nitrogen and oxygen atoms in total. The summed E-state index contributed by atoms with van der Waals surface area (Å²) in [5.41, 5.74) is 4.80. The second kappa shape index (κ2) is 11.5. The SMILES string of the molecule is COc1ccc(-n2c(CCN(CCN)C(=O)Cc3c#cc(C(F)(F)F)c(F)c3)nc3ccccc3c2=O)cc1. The van der Waals surface area contributed by atoms with E-state index in [1.54, 1.807) is 54.6 Å². The van der Waals surface area contributed by atoms with Crippen molar-refractivity contribution in [3.8, 4) is 11.4 Å². The van der Waals surface area contributed by atoms with Crippen LogP contribution in [-0.2, 0) is 23.8 Å². The minimum atomic E-state index is -4.92. The number of nitrogens with zero attached hydrogens (tertiary/aromatic N) is 3. The third kappa shape index (κ3) is 6.18. The van der Waals surface area contributed by atoms with Crippen molar-refractivity contribution in [3.05, 3.63) is 99.9 Å². The molecule has 1 amide bonds. The zero-order valence-corrected chi connectivity index (χ0v) is 20.9. The zero-order chi connectivity index (χ0) is 28.2. The Bertz CT molecular complexity index is 1540. The van der Waals surface area contributed by atoms with Crippen LogP contribution in [0.5, 0.6) is 5.75 Å². The van der Waals surface area contributed by atoms with Gasteiger partial charge < -0.3 is 15.4 Å². The predicted octanol–water partition coefficient (Wildman–Crippen LogP) is 3.73. The largest absolute Gasteiger partial charge is 0.497 e. The van der Waals surface area contributed by atoms with E-state index in [0.29, 0.717) is 34.2 Å². The number of halogens is 4. The Morgan fingerprint density at radius 1 is 1.10 bits per heavy atom. The lowest BCUT2D eigenvalue weighted by Gasteiger charge is -2.23. The van der Waals surface area contributed by atoms with Crippen LogP contribution < -0.4 is 16.0 Å². The van der Waals surface area contributed by atoms with Gasteiger partial charge in [0.05, 0.1) is 30.1 Å². The number of hydrogen-bond donors (Lipinski definition) is 1. The molecular formula is C28H24F4N4O3. The number of carbonyl (C=O) groups excluding carboxylic acids is 1. The highest BCUT2D eigenvalue weighted by Gasteiger charge is 2.34. The first-order valence-corrected chi connectivity index (χ1v) is 11.9. The first-order chi connectivity index (χ1) is 18.6. The second-order valence-electron chi connectivity index (χ2n) is 8.62. The summed E-state index contributed by atoms with van der Waals surface area (Å²) in [6.45, 7) is 0.342. The highest BCUT2D eigenvalue weighted by molar-refractivity contribution is 5.79. The molecular weight excluding hydrogens is 516 g/mol. The quantitative estimate of drug-likeness (QED) is 0.327. The fourth-order valence-electron chi connectivity index (χ4n) is 4.14. The van der Waals surface area contributed by atoms with Gasteiger partial charge in [-0.1, -0.05) is 24.3 Å². The van der Waals surface area contributed by atoms with Crippen LogP contribution in [0.4, 0.5) is 17.6 Å². The van der Waals surface area contributed by atoms with E-state index < -0.39 is 29.9 Å². The fourth-order valence-corrected chi connectivity index (χ4v) is 4.14. The summed E-state index contributed by atoms with van der Waals surface area (Å²) in [5.74, 6) is -1.03. The Morgan fingerprint density at radius 3 is 2.46 bits per heavy atom. The molecule has 0 spiro atoms. The molecule has 4 rings (SSSR count). The van der Waals surface area contributed by atoms with Crippen LogP contribution >= 0.6 is 0 Å². The van der Waals surface area contributed by atoms with Crippen molar-refractivity contribution < 1.29 is 27.1 Å². The van der Waals surface area contributed by atoms with Crippen LogP contribution in [-0.4, -0.2) is 47.1 Å². The van der Waals surface area contributed by atoms with Gasteiger partial charge in [0.25, 0.3) is 5.56 Å². The van der Waals surface area contributed by atoms with E-state index >= 15 is 0 Å². The number of hydrogen-bond acceptors (Lipinski definition) is 5. The maximum absolute atomic E-state index is 14.0. The number of alkyl halides is 3. The number of fused-ring (bicyclic) bond motifs is 1. The molecule has 1 heterocycles. The van der Waals surface area contributed by atoms with Crippen LogP contribution in [0, 0.1) is 17.9 Å². The Hall–Kier alpha value is -4.43. The van der Waals surface area contributed by atoms with Gasteiger partial charge in [0.15, 0.2) is 0 Å². The zero-order valence-electron chi connectivity index (χ0n) is 20.9. The monoisotopic (exact) mass is 540 g/mol. The summed E-state index contributed by atoms with van der Waals surface area (Å²) in [6, 6.07) is 18.4. The normalized spacial score (nSPS) is 11.3. The number of carbonyl (C=O) groups is 1. The van der Waals surface area contributed by atoms with E-state index in [4.69, 9.17) is 10.5 Å². The summed E-state index contributed by atoms with van der Waals surface area (Å²) < 4.78 is 59.1. The van der Waals surface area contributed by atoms with Crippen molar-refractivity contribution in [1.82, 2.24) is 14.5 Å². The maximum Gasteiger partial charge on any atom is 0.427 e. The molecule has 0 fully saturated rings. The molecule has 0 aliphatic rings.